The van der Waals surface area contributed by atoms with E-state index in [1.807, 2.05) is 5.32 Å². The maximum atomic E-state index is 14.6. The summed E-state index contributed by atoms with van der Waals surface area (Å²) in [4.78, 5) is 286. The second-order valence-corrected chi connectivity index (χ2v) is 36.8. The number of guanidine groups is 1. The number of H-pyrrole nitrogens is 1. The Morgan fingerprint density at radius 2 is 1.22 bits per heavy atom. The third kappa shape index (κ3) is 31.1. The molecule has 5 aliphatic rings. The van der Waals surface area contributed by atoms with Gasteiger partial charge in [-0.2, -0.15) is 4.98 Å². The minimum Gasteiger partial charge on any atom is -0.493 e. The fraction of sp³-hybridized carbons (Fsp3) is 0.484. The topological polar surface area (TPSA) is 790 Å². The number of likely N-dealkylation sites (tertiary alicyclic amines) is 2. The lowest BCUT2D eigenvalue weighted by atomic mass is 10.0. The number of unbranched alkanes of at least 4 members (excludes halogenated alkanes) is 4. The molecule has 2 unspecified atom stereocenters. The molecule has 7 heterocycles. The predicted molar refractivity (Wildman–Crippen MR) is 520 cm³/mol. The average Bonchev–Trinajstić information content (AvgIpc) is 1.64. The van der Waals surface area contributed by atoms with Crippen molar-refractivity contribution < 1.29 is 140 Å². The van der Waals surface area contributed by atoms with Crippen LogP contribution >= 0.6 is 11.8 Å². The predicted octanol–water partition coefficient (Wildman–Crippen LogP) is -1.26. The zero-order valence-electron chi connectivity index (χ0n) is 80.9. The molecule has 4 saturated heterocycles. The molecule has 147 heavy (non-hydrogen) atoms. The highest BCUT2D eigenvalue weighted by molar-refractivity contribution is 8.00. The van der Waals surface area contributed by atoms with Gasteiger partial charge in [-0.05, 0) is 113 Å². The number of methoxy groups -OCH3 is 2. The minimum atomic E-state index is -2.26. The molecule has 4 fully saturated rings. The van der Waals surface area contributed by atoms with Crippen LogP contribution in [-0.4, -0.2) is 328 Å². The number of thioether (sulfide) groups is 1. The number of rotatable bonds is 55. The summed E-state index contributed by atoms with van der Waals surface area (Å²) in [5.41, 5.74) is 19.8. The van der Waals surface area contributed by atoms with E-state index in [-0.39, 0.29) is 160 Å². The molecule has 792 valence electrons. The number of carboxylic acid groups (broad SMARTS) is 5. The van der Waals surface area contributed by atoms with Crippen molar-refractivity contribution in [3.05, 3.63) is 112 Å². The Bertz CT molecular complexity index is 5970. The number of nitrogen functional groups attached to an aromatic ring is 2. The van der Waals surface area contributed by atoms with Crippen molar-refractivity contribution in [2.45, 2.75) is 208 Å². The lowest BCUT2D eigenvalue weighted by Gasteiger charge is -2.35. The Morgan fingerprint density at radius 1 is 0.626 bits per heavy atom. The molecular weight excluding hydrogens is 1950 g/mol. The van der Waals surface area contributed by atoms with Crippen LogP contribution in [0, 0.1) is 11.3 Å². The van der Waals surface area contributed by atoms with Gasteiger partial charge in [0.1, 0.15) is 54.4 Å². The van der Waals surface area contributed by atoms with Crippen molar-refractivity contribution in [2.24, 2.45) is 11.7 Å². The third-order valence-corrected chi connectivity index (χ3v) is 25.5. The summed E-state index contributed by atoms with van der Waals surface area (Å²) in [5.74, 6) is -21.5. The van der Waals surface area contributed by atoms with Crippen molar-refractivity contribution >= 4 is 164 Å². The summed E-state index contributed by atoms with van der Waals surface area (Å²) >= 11 is 0.628. The van der Waals surface area contributed by atoms with E-state index >= 15 is 0 Å². The van der Waals surface area contributed by atoms with Crippen LogP contribution in [-0.2, 0) is 88.0 Å². The maximum Gasteiger partial charge on any atom is 0.327 e. The number of aromatic nitrogens is 4. The number of nitrogens with one attached hydrogen (secondary N) is 13. The average molecular weight is 2070 g/mol. The Kier molecular flexibility index (Phi) is 40.0. The van der Waals surface area contributed by atoms with Gasteiger partial charge < -0.3 is 140 Å². The molecule has 14 amide bonds. The fourth-order valence-electron chi connectivity index (χ4n) is 16.6. The molecule has 0 aliphatic carbocycles. The number of fused-ring (bicyclic) bond motifs is 3. The smallest absolute Gasteiger partial charge is 0.327 e. The number of carbonyl (C=O) groups excluding carboxylic acids is 14. The van der Waals surface area contributed by atoms with Gasteiger partial charge in [-0.15, -0.1) is 11.8 Å². The third-order valence-electron chi connectivity index (χ3n) is 24.2. The van der Waals surface area contributed by atoms with Gasteiger partial charge in [0, 0.05) is 86.8 Å². The highest BCUT2D eigenvalue weighted by atomic mass is 32.2. The van der Waals surface area contributed by atoms with E-state index in [0.717, 1.165) is 10.5 Å². The number of benzene rings is 3. The molecule has 2 aromatic heterocycles. The number of hydrogen-bond acceptors (Lipinski definition) is 33. The summed E-state index contributed by atoms with van der Waals surface area (Å²) in [7, 11) is 2.87. The molecule has 5 aliphatic heterocycles. The van der Waals surface area contributed by atoms with Gasteiger partial charge >= 0.3 is 29.8 Å². The lowest BCUT2D eigenvalue weighted by molar-refractivity contribution is -0.144. The monoisotopic (exact) mass is 2070 g/mol. The van der Waals surface area contributed by atoms with E-state index in [9.17, 15) is 121 Å². The van der Waals surface area contributed by atoms with E-state index in [2.05, 4.69) is 86.3 Å². The number of nitrogens with two attached hydrogens (primary N) is 3. The number of amides is 14. The molecule has 54 heteroatoms. The molecule has 10 rings (SSSR count). The van der Waals surface area contributed by atoms with E-state index in [0.29, 0.717) is 71.6 Å². The first kappa shape index (κ1) is 113. The van der Waals surface area contributed by atoms with Crippen molar-refractivity contribution in [1.82, 2.24) is 87.4 Å². The highest BCUT2D eigenvalue weighted by Crippen LogP contribution is 2.40. The van der Waals surface area contributed by atoms with Crippen LogP contribution in [0.2, 0.25) is 0 Å². The first-order valence-corrected chi connectivity index (χ1v) is 47.9. The highest BCUT2D eigenvalue weighted by Gasteiger charge is 2.48. The van der Waals surface area contributed by atoms with Crippen molar-refractivity contribution in [3.8, 4) is 23.0 Å². The minimum absolute atomic E-state index is 0.0168. The van der Waals surface area contributed by atoms with Crippen molar-refractivity contribution in [3.63, 3.8) is 0 Å². The molecule has 0 saturated carbocycles. The van der Waals surface area contributed by atoms with Gasteiger partial charge in [0.05, 0.1) is 99.8 Å². The zero-order chi connectivity index (χ0) is 107. The lowest BCUT2D eigenvalue weighted by Crippen LogP contribution is -2.59. The van der Waals surface area contributed by atoms with Crippen molar-refractivity contribution in [1.29, 1.82) is 5.41 Å². The number of carbonyl (C=O) groups is 19. The van der Waals surface area contributed by atoms with Gasteiger partial charge in [0.25, 0.3) is 23.3 Å². The number of hydrogen-bond donors (Lipinski definition) is 21. The first-order valence-electron chi connectivity index (χ1n) is 46.9. The molecule has 3 aromatic carbocycles. The normalized spacial score (nSPS) is 17.4. The van der Waals surface area contributed by atoms with E-state index in [1.165, 1.54) is 78.4 Å². The summed E-state index contributed by atoms with van der Waals surface area (Å²) in [6.45, 7) is 13.7. The fourth-order valence-corrected chi connectivity index (χ4v) is 17.8. The standard InChI is InChI=1S/C93H119N23O30S/c1-44(2)74(83(132)101-47(5)85(134)114-25-28-146-89(114)62-30-46(4)42-116(62)86(135)51-31-63(142-6)65(33-53(51)94)144-26-12-9-13-27-145-66-34-56-52(32-64(66)143-7)87(136)115-41-45(3)29-61(115)82(131)106-56)110-68(117)16-10-8-11-24-113-70(119)38-67(88(113)137)147-43-60(91(140)141)109-81(130)59(37-73(124)125)108-80(129)58(36-72(122)123)107-78(127)54(15-14-23-98-92(95)96)104-79(128)57(35-71(120)121)103-69(118)22-21-55(90(138)139)105-77(126)48-17-19-49(20-18-48)99-39-50-40-100-76-75(102-50)84(133)112-93(97)111-76/h17-20,31-34,40,44,47,54-55,57-62,67,74,89,99H,3-4,8-16,21-30,35-39,41-43,94H2,1-2,5-7H3,(H,101,132)(H,103,118)(H,104,128)(H,105,126)(H,106,131)(H,107,127)(H,108,129)(H,109,130)(H,110,117)(H,120,121)(H,122,123)(H,124,125)(H,138,139)(H,140,141)(H4,95,96,98)(H3,97,100,111,112,133)/t47-,54-,55-,57-,58-,59-,60-,61-,62-,67?,74-,89?/m0/s1. The van der Waals surface area contributed by atoms with Crippen LogP contribution in [0.1, 0.15) is 167 Å². The van der Waals surface area contributed by atoms with E-state index < -0.39 is 241 Å². The SMILES string of the molecule is C=C1C[C@H]2C(=O)Nc3cc(OCCCCCOc4cc(N)c(C(=O)N5CC(=C)C[C@H]5C5OCCN5C(=O)[C@H](C)NC(=O)[C@@H](NC(=O)CCCCCN5C(=O)CC(SC[C@H](NC(=O)[C@H](CC(=O)O)NC(=O)[C@H](CC(=O)O)NC(=O)[C@H](CCCNC(=N)N)NC(=O)[C@H](CC(=O)O)NC(=O)CC[C@H](NC(=O)c6ccc(NCc7cnc8nc(N)[nH]c(=O)c8n7)cc6)C(=O)O)C(=O)O)C5=O)C(C)C)cc4OC)c(OC)cc3C(=O)N2C1. The Hall–Kier alpha value is -16.3. The maximum absolute atomic E-state index is 14.6. The van der Waals surface area contributed by atoms with Gasteiger partial charge in [-0.25, -0.2) is 19.6 Å². The van der Waals surface area contributed by atoms with E-state index in [4.69, 9.17) is 46.3 Å². The number of anilines is 4. The summed E-state index contributed by atoms with van der Waals surface area (Å²) in [6, 6.07) is -4.19. The second kappa shape index (κ2) is 52.3. The number of ether oxygens (including phenoxy) is 5. The summed E-state index contributed by atoms with van der Waals surface area (Å²) in [6.07, 6.45) is -2.97. The van der Waals surface area contributed by atoms with Crippen LogP contribution < -0.4 is 100 Å². The molecule has 0 spiro atoms. The zero-order valence-corrected chi connectivity index (χ0v) is 81.7. The quantitative estimate of drug-likeness (QED) is 0.00539. The van der Waals surface area contributed by atoms with Crippen LogP contribution in [0.5, 0.6) is 23.0 Å². The summed E-state index contributed by atoms with van der Waals surface area (Å²) < 4.78 is 29.6. The van der Waals surface area contributed by atoms with Crippen LogP contribution in [0.15, 0.2) is 83.8 Å². The van der Waals surface area contributed by atoms with Gasteiger partial charge in [0.2, 0.25) is 70.9 Å². The largest absolute Gasteiger partial charge is 0.493 e. The van der Waals surface area contributed by atoms with Gasteiger partial charge in [0.15, 0.2) is 46.3 Å². The number of nitrogens with zero attached hydrogens (tertiary/aromatic N) is 7. The second-order valence-electron chi connectivity index (χ2n) is 35.6. The Morgan fingerprint density at radius 3 is 1.84 bits per heavy atom. The number of carboxylic acids is 5. The summed E-state index contributed by atoms with van der Waals surface area (Å²) in [5, 5.41) is 82.6. The van der Waals surface area contributed by atoms with Crippen molar-refractivity contribution in [2.75, 3.05) is 94.6 Å². The number of imide groups is 1. The van der Waals surface area contributed by atoms with Crippen LogP contribution in [0.25, 0.3) is 11.2 Å². The van der Waals surface area contributed by atoms with Crippen LogP contribution in [0.4, 0.5) is 23.0 Å². The molecule has 24 N–H and O–H groups in total. The number of aromatic amines is 1. The molecular formula is C93H119N23O30S. The van der Waals surface area contributed by atoms with Gasteiger partial charge in [-0.3, -0.25) is 102 Å². The molecule has 0 radical (unpaired) electrons. The molecule has 53 nitrogen and oxygen atoms in total. The molecule has 5 aromatic rings. The first-order chi connectivity index (χ1) is 69.8. The number of aliphatic carboxylic acids is 5. The molecule has 12 atom stereocenters. The van der Waals surface area contributed by atoms with Crippen LogP contribution in [0.3, 0.4) is 0 Å². The Labute approximate surface area is 843 Å². The van der Waals surface area contributed by atoms with E-state index in [1.54, 1.807) is 26.0 Å². The Balaban J connectivity index is 0.646. The molecule has 0 bridgehead atoms. The van der Waals surface area contributed by atoms with Gasteiger partial charge in [-0.1, -0.05) is 44.6 Å².